The van der Waals surface area contributed by atoms with Crippen LogP contribution in [0.5, 0.6) is 11.5 Å². The number of hydrogen-bond donors (Lipinski definition) is 0. The number of benzene rings is 1. The number of likely N-dealkylation sites (N-methyl/N-ethyl adjacent to an activating group) is 1. The first-order valence-electron chi connectivity index (χ1n) is 8.11. The van der Waals surface area contributed by atoms with Gasteiger partial charge in [0.25, 0.3) is 5.91 Å². The number of rotatable bonds is 1. The van der Waals surface area contributed by atoms with Gasteiger partial charge >= 0.3 is 6.09 Å². The molecule has 2 fully saturated rings. The predicted octanol–water partition coefficient (Wildman–Crippen LogP) is 1.43. The molecule has 1 spiro atoms. The van der Waals surface area contributed by atoms with E-state index in [1.807, 2.05) is 13.0 Å². The maximum absolute atomic E-state index is 12.9. The van der Waals surface area contributed by atoms with Crippen LogP contribution in [0.1, 0.15) is 22.3 Å². The summed E-state index contributed by atoms with van der Waals surface area (Å²) in [6, 6.07) is 3.60. The molecule has 3 aliphatic heterocycles. The van der Waals surface area contributed by atoms with Crippen LogP contribution in [-0.4, -0.2) is 67.3 Å². The van der Waals surface area contributed by atoms with Crippen molar-refractivity contribution in [1.29, 1.82) is 0 Å². The van der Waals surface area contributed by atoms with Gasteiger partial charge in [-0.3, -0.25) is 4.79 Å². The number of hydrogen-bond acceptors (Lipinski definition) is 5. The number of carbonyl (C=O) groups is 2. The Morgan fingerprint density at radius 1 is 1.17 bits per heavy atom. The molecule has 0 N–H and O–H groups in total. The lowest BCUT2D eigenvalue weighted by Gasteiger charge is -2.24. The Hall–Kier alpha value is -2.44. The van der Waals surface area contributed by atoms with Crippen LogP contribution in [0.2, 0.25) is 0 Å². The van der Waals surface area contributed by atoms with Gasteiger partial charge in [0.1, 0.15) is 13.2 Å². The SMILES string of the molecule is Cc1cc2c(cc1C(=O)N1CCC3(CN(C)C(=O)O3)C1)OCCO2. The largest absolute Gasteiger partial charge is 0.486 e. The third-order valence-corrected chi connectivity index (χ3v) is 4.86. The zero-order valence-electron chi connectivity index (χ0n) is 13.8. The van der Waals surface area contributed by atoms with Gasteiger partial charge in [0.05, 0.1) is 13.1 Å². The third-order valence-electron chi connectivity index (χ3n) is 4.86. The molecule has 0 aromatic heterocycles. The molecule has 1 atom stereocenters. The van der Waals surface area contributed by atoms with Crippen molar-refractivity contribution in [1.82, 2.24) is 9.80 Å². The molecule has 0 radical (unpaired) electrons. The van der Waals surface area contributed by atoms with Crippen LogP contribution in [0.3, 0.4) is 0 Å². The van der Waals surface area contributed by atoms with E-state index in [1.54, 1.807) is 22.9 Å². The second-order valence-corrected chi connectivity index (χ2v) is 6.69. The minimum atomic E-state index is -0.566. The van der Waals surface area contributed by atoms with Crippen LogP contribution in [0, 0.1) is 6.92 Å². The van der Waals surface area contributed by atoms with Crippen molar-refractivity contribution in [3.05, 3.63) is 23.3 Å². The Bertz CT molecular complexity index is 719. The zero-order chi connectivity index (χ0) is 16.9. The molecule has 1 aromatic rings. The lowest BCUT2D eigenvalue weighted by atomic mass is 10.0. The van der Waals surface area contributed by atoms with Crippen LogP contribution < -0.4 is 9.47 Å². The summed E-state index contributed by atoms with van der Waals surface area (Å²) in [6.07, 6.45) is 0.345. The second kappa shape index (κ2) is 5.29. The van der Waals surface area contributed by atoms with Gasteiger partial charge in [-0.05, 0) is 24.6 Å². The molecule has 0 bridgehead atoms. The average molecular weight is 332 g/mol. The maximum Gasteiger partial charge on any atom is 0.410 e. The first-order valence-corrected chi connectivity index (χ1v) is 8.11. The molecule has 2 saturated heterocycles. The van der Waals surface area contributed by atoms with E-state index in [4.69, 9.17) is 14.2 Å². The first kappa shape index (κ1) is 15.1. The number of aryl methyl sites for hydroxylation is 1. The van der Waals surface area contributed by atoms with E-state index in [-0.39, 0.29) is 12.0 Å². The van der Waals surface area contributed by atoms with Gasteiger partial charge in [0.15, 0.2) is 17.1 Å². The molecule has 24 heavy (non-hydrogen) atoms. The lowest BCUT2D eigenvalue weighted by Crippen LogP contribution is -2.39. The highest BCUT2D eigenvalue weighted by molar-refractivity contribution is 5.96. The smallest absolute Gasteiger partial charge is 0.410 e. The van der Waals surface area contributed by atoms with Gasteiger partial charge in [-0.2, -0.15) is 0 Å². The molecule has 0 aliphatic carbocycles. The molecular formula is C17H20N2O5. The summed E-state index contributed by atoms with van der Waals surface area (Å²) in [6.45, 7) is 4.42. The zero-order valence-corrected chi connectivity index (χ0v) is 13.8. The van der Waals surface area contributed by atoms with Crippen molar-refractivity contribution < 1.29 is 23.8 Å². The Balaban J connectivity index is 1.56. The van der Waals surface area contributed by atoms with Gasteiger partial charge in [0.2, 0.25) is 0 Å². The van der Waals surface area contributed by atoms with Crippen molar-refractivity contribution >= 4 is 12.0 Å². The highest BCUT2D eigenvalue weighted by Crippen LogP contribution is 2.36. The van der Waals surface area contributed by atoms with Crippen molar-refractivity contribution in [2.75, 3.05) is 39.9 Å². The van der Waals surface area contributed by atoms with E-state index < -0.39 is 5.60 Å². The fraction of sp³-hybridized carbons (Fsp3) is 0.529. The van der Waals surface area contributed by atoms with Crippen LogP contribution in [-0.2, 0) is 4.74 Å². The maximum atomic E-state index is 12.9. The van der Waals surface area contributed by atoms with E-state index in [2.05, 4.69) is 0 Å². The van der Waals surface area contributed by atoms with Crippen LogP contribution >= 0.6 is 0 Å². The summed E-state index contributed by atoms with van der Waals surface area (Å²) in [4.78, 5) is 27.9. The molecular weight excluding hydrogens is 312 g/mol. The Kier molecular flexibility index (Phi) is 3.33. The van der Waals surface area contributed by atoms with Crippen LogP contribution in [0.15, 0.2) is 12.1 Å². The summed E-state index contributed by atoms with van der Waals surface area (Å²) in [5, 5.41) is 0. The molecule has 128 valence electrons. The topological polar surface area (TPSA) is 68.3 Å². The first-order chi connectivity index (χ1) is 11.5. The third kappa shape index (κ3) is 2.35. The molecule has 1 aromatic carbocycles. The van der Waals surface area contributed by atoms with E-state index in [9.17, 15) is 9.59 Å². The molecule has 2 amide bonds. The summed E-state index contributed by atoms with van der Waals surface area (Å²) in [7, 11) is 1.71. The number of fused-ring (bicyclic) bond motifs is 1. The molecule has 4 rings (SSSR count). The Labute approximate surface area is 140 Å². The van der Waals surface area contributed by atoms with Crippen LogP contribution in [0.4, 0.5) is 4.79 Å². The van der Waals surface area contributed by atoms with Crippen molar-refractivity contribution in [2.45, 2.75) is 18.9 Å². The molecule has 3 aliphatic rings. The second-order valence-electron chi connectivity index (χ2n) is 6.69. The molecule has 3 heterocycles. The number of carbonyl (C=O) groups excluding carboxylic acids is 2. The normalized spacial score (nSPS) is 25.3. The Morgan fingerprint density at radius 2 is 1.88 bits per heavy atom. The van der Waals surface area contributed by atoms with Gasteiger partial charge in [-0.15, -0.1) is 0 Å². The van der Waals surface area contributed by atoms with Gasteiger partial charge < -0.3 is 24.0 Å². The fourth-order valence-corrected chi connectivity index (χ4v) is 3.61. The minimum absolute atomic E-state index is 0.0630. The summed E-state index contributed by atoms with van der Waals surface area (Å²) in [5.41, 5.74) is 0.892. The molecule has 7 heteroatoms. The molecule has 0 saturated carbocycles. The van der Waals surface area contributed by atoms with E-state index in [0.29, 0.717) is 56.3 Å². The quantitative estimate of drug-likeness (QED) is 0.778. The van der Waals surface area contributed by atoms with Crippen molar-refractivity contribution in [3.8, 4) is 11.5 Å². The highest BCUT2D eigenvalue weighted by atomic mass is 16.6. The van der Waals surface area contributed by atoms with E-state index in [0.717, 1.165) is 5.56 Å². The van der Waals surface area contributed by atoms with Gasteiger partial charge in [-0.25, -0.2) is 4.79 Å². The monoisotopic (exact) mass is 332 g/mol. The average Bonchev–Trinajstić information content (AvgIpc) is 3.09. The van der Waals surface area contributed by atoms with Crippen molar-refractivity contribution in [3.63, 3.8) is 0 Å². The summed E-state index contributed by atoms with van der Waals surface area (Å²) >= 11 is 0. The van der Waals surface area contributed by atoms with Gasteiger partial charge in [0, 0.05) is 25.6 Å². The number of nitrogens with zero attached hydrogens (tertiary/aromatic N) is 2. The summed E-state index contributed by atoms with van der Waals surface area (Å²) in [5.74, 6) is 1.22. The molecule has 7 nitrogen and oxygen atoms in total. The van der Waals surface area contributed by atoms with Crippen LogP contribution in [0.25, 0.3) is 0 Å². The molecule has 1 unspecified atom stereocenters. The highest BCUT2D eigenvalue weighted by Gasteiger charge is 2.49. The Morgan fingerprint density at radius 3 is 2.54 bits per heavy atom. The van der Waals surface area contributed by atoms with Gasteiger partial charge in [-0.1, -0.05) is 0 Å². The number of amides is 2. The van der Waals surface area contributed by atoms with Crippen molar-refractivity contribution in [2.24, 2.45) is 0 Å². The predicted molar refractivity (Wildman–Crippen MR) is 84.5 cm³/mol. The number of ether oxygens (including phenoxy) is 3. The lowest BCUT2D eigenvalue weighted by molar-refractivity contribution is 0.0552. The number of likely N-dealkylation sites (tertiary alicyclic amines) is 1. The van der Waals surface area contributed by atoms with E-state index >= 15 is 0 Å². The minimum Gasteiger partial charge on any atom is -0.486 e. The summed E-state index contributed by atoms with van der Waals surface area (Å²) < 4.78 is 16.6. The fourth-order valence-electron chi connectivity index (χ4n) is 3.61. The standard InChI is InChI=1S/C17H20N2O5/c1-11-7-13-14(23-6-5-22-13)8-12(11)15(20)19-4-3-17(10-19)9-18(2)16(21)24-17/h7-8H,3-6,9-10H2,1-2H3. The van der Waals surface area contributed by atoms with E-state index in [1.165, 1.54) is 0 Å².